The van der Waals surface area contributed by atoms with Crippen LogP contribution in [0.1, 0.15) is 52.1 Å². The van der Waals surface area contributed by atoms with Gasteiger partial charge in [-0.2, -0.15) is 0 Å². The fourth-order valence-electron chi connectivity index (χ4n) is 2.33. The molecule has 2 atom stereocenters. The van der Waals surface area contributed by atoms with E-state index >= 15 is 0 Å². The van der Waals surface area contributed by atoms with Crippen molar-refractivity contribution in [1.29, 1.82) is 0 Å². The van der Waals surface area contributed by atoms with E-state index in [9.17, 15) is 4.79 Å². The Bertz CT molecular complexity index is 498. The maximum absolute atomic E-state index is 12.0. The molecule has 0 aliphatic carbocycles. The van der Waals surface area contributed by atoms with Gasteiger partial charge in [-0.15, -0.1) is 0 Å². The lowest BCUT2D eigenvalue weighted by Crippen LogP contribution is -2.35. The Morgan fingerprint density at radius 2 is 1.95 bits per heavy atom. The Kier molecular flexibility index (Phi) is 6.51. The summed E-state index contributed by atoms with van der Waals surface area (Å²) in [5, 5.41) is 4.06. The third kappa shape index (κ3) is 6.68. The predicted octanol–water partition coefficient (Wildman–Crippen LogP) is 4.32. The van der Waals surface area contributed by atoms with E-state index in [-0.39, 0.29) is 23.4 Å². The Morgan fingerprint density at radius 1 is 1.33 bits per heavy atom. The number of benzene rings is 1. The summed E-state index contributed by atoms with van der Waals surface area (Å²) in [6, 6.07) is 4.94. The van der Waals surface area contributed by atoms with E-state index in [1.165, 1.54) is 0 Å². The normalized spacial score (nSPS) is 14.6. The summed E-state index contributed by atoms with van der Waals surface area (Å²) >= 11 is 12.0. The summed E-state index contributed by atoms with van der Waals surface area (Å²) in [6.07, 6.45) is 1.11. The Balaban J connectivity index is 2.58. The van der Waals surface area contributed by atoms with Crippen LogP contribution in [0.3, 0.4) is 0 Å². The average Bonchev–Trinajstić information content (AvgIpc) is 2.24. The molecule has 1 aromatic rings. The van der Waals surface area contributed by atoms with Gasteiger partial charge in [0.2, 0.25) is 5.91 Å². The van der Waals surface area contributed by atoms with Gasteiger partial charge in [0.1, 0.15) is 0 Å². The first-order chi connectivity index (χ1) is 9.58. The Morgan fingerprint density at radius 3 is 2.48 bits per heavy atom. The number of hydrogen-bond donors (Lipinski definition) is 2. The predicted molar refractivity (Wildman–Crippen MR) is 89.7 cm³/mol. The van der Waals surface area contributed by atoms with Crippen LogP contribution in [0.2, 0.25) is 10.0 Å². The van der Waals surface area contributed by atoms with Crippen molar-refractivity contribution in [2.45, 2.75) is 52.6 Å². The fraction of sp³-hybridized carbons (Fsp3) is 0.562. The van der Waals surface area contributed by atoms with Crippen molar-refractivity contribution in [3.63, 3.8) is 0 Å². The largest absolute Gasteiger partial charge is 0.349 e. The number of carbonyl (C=O) groups excluding carboxylic acids is 1. The molecule has 0 bridgehead atoms. The first kappa shape index (κ1) is 18.3. The summed E-state index contributed by atoms with van der Waals surface area (Å²) < 4.78 is 0. The molecule has 0 saturated heterocycles. The second kappa shape index (κ2) is 7.48. The van der Waals surface area contributed by atoms with Gasteiger partial charge >= 0.3 is 0 Å². The summed E-state index contributed by atoms with van der Waals surface area (Å²) in [6.45, 7) is 8.23. The molecule has 5 heteroatoms. The minimum atomic E-state index is -0.177. The van der Waals surface area contributed by atoms with Crippen molar-refractivity contribution in [2.24, 2.45) is 11.1 Å². The molecule has 0 spiro atoms. The van der Waals surface area contributed by atoms with Crippen LogP contribution in [0.25, 0.3) is 0 Å². The molecule has 3 N–H and O–H groups in total. The number of carbonyl (C=O) groups is 1. The van der Waals surface area contributed by atoms with Crippen molar-refractivity contribution in [3.05, 3.63) is 33.8 Å². The molecule has 0 aliphatic rings. The zero-order valence-electron chi connectivity index (χ0n) is 13.0. The minimum Gasteiger partial charge on any atom is -0.349 e. The van der Waals surface area contributed by atoms with Gasteiger partial charge in [-0.3, -0.25) is 4.79 Å². The van der Waals surface area contributed by atoms with Gasteiger partial charge in [0.05, 0.1) is 6.04 Å². The average molecular weight is 331 g/mol. The van der Waals surface area contributed by atoms with E-state index < -0.39 is 0 Å². The quantitative estimate of drug-likeness (QED) is 0.844. The van der Waals surface area contributed by atoms with Crippen molar-refractivity contribution < 1.29 is 4.79 Å². The van der Waals surface area contributed by atoms with Crippen molar-refractivity contribution >= 4 is 29.1 Å². The van der Waals surface area contributed by atoms with E-state index in [4.69, 9.17) is 28.9 Å². The summed E-state index contributed by atoms with van der Waals surface area (Å²) in [5.41, 5.74) is 6.98. The van der Waals surface area contributed by atoms with Gasteiger partial charge in [-0.1, -0.05) is 50.0 Å². The van der Waals surface area contributed by atoms with E-state index in [1.807, 2.05) is 13.0 Å². The number of amides is 1. The lowest BCUT2D eigenvalue weighted by Gasteiger charge is -2.23. The SMILES string of the molecule is CC(NC(=O)CC(N)CC(C)(C)C)c1ccc(Cl)cc1Cl. The number of hydrogen-bond acceptors (Lipinski definition) is 2. The fourth-order valence-corrected chi connectivity index (χ4v) is 2.90. The molecule has 0 radical (unpaired) electrons. The van der Waals surface area contributed by atoms with Crippen LogP contribution in [0.4, 0.5) is 0 Å². The summed E-state index contributed by atoms with van der Waals surface area (Å²) in [7, 11) is 0. The smallest absolute Gasteiger partial charge is 0.222 e. The molecular weight excluding hydrogens is 307 g/mol. The molecule has 1 rings (SSSR count). The number of halogens is 2. The lowest BCUT2D eigenvalue weighted by molar-refractivity contribution is -0.122. The number of nitrogens with two attached hydrogens (primary N) is 1. The third-order valence-electron chi connectivity index (χ3n) is 3.13. The molecule has 3 nitrogen and oxygen atoms in total. The highest BCUT2D eigenvalue weighted by Crippen LogP contribution is 2.26. The molecule has 0 aromatic heterocycles. The van der Waals surface area contributed by atoms with Gasteiger partial charge in [-0.25, -0.2) is 0 Å². The van der Waals surface area contributed by atoms with Gasteiger partial charge in [0.15, 0.2) is 0 Å². The second-order valence-corrected chi connectivity index (χ2v) is 7.53. The second-order valence-electron chi connectivity index (χ2n) is 6.68. The highest BCUT2D eigenvalue weighted by molar-refractivity contribution is 6.35. The van der Waals surface area contributed by atoms with Crippen LogP contribution in [-0.2, 0) is 4.79 Å². The van der Waals surface area contributed by atoms with E-state index in [0.717, 1.165) is 12.0 Å². The summed E-state index contributed by atoms with van der Waals surface area (Å²) in [4.78, 5) is 12.0. The molecule has 1 aromatic carbocycles. The molecule has 0 fully saturated rings. The van der Waals surface area contributed by atoms with E-state index in [1.54, 1.807) is 12.1 Å². The van der Waals surface area contributed by atoms with Crippen LogP contribution in [-0.4, -0.2) is 11.9 Å². The Hall–Kier alpha value is -0.770. The standard InChI is InChI=1S/C16H24Cl2N2O/c1-10(13-6-5-11(17)7-14(13)18)20-15(21)8-12(19)9-16(2,3)4/h5-7,10,12H,8-9,19H2,1-4H3,(H,20,21). The van der Waals surface area contributed by atoms with Crippen molar-refractivity contribution in [3.8, 4) is 0 Å². The molecule has 1 amide bonds. The Labute approximate surface area is 137 Å². The molecule has 21 heavy (non-hydrogen) atoms. The van der Waals surface area contributed by atoms with Crippen LogP contribution < -0.4 is 11.1 Å². The molecule has 0 saturated carbocycles. The topological polar surface area (TPSA) is 55.1 Å². The number of nitrogens with one attached hydrogen (secondary N) is 1. The third-order valence-corrected chi connectivity index (χ3v) is 3.69. The van der Waals surface area contributed by atoms with Crippen LogP contribution >= 0.6 is 23.2 Å². The highest BCUT2D eigenvalue weighted by atomic mass is 35.5. The van der Waals surface area contributed by atoms with Crippen LogP contribution in [0.15, 0.2) is 18.2 Å². The van der Waals surface area contributed by atoms with Crippen LogP contribution in [0, 0.1) is 5.41 Å². The van der Waals surface area contributed by atoms with Crippen molar-refractivity contribution in [2.75, 3.05) is 0 Å². The maximum Gasteiger partial charge on any atom is 0.222 e. The van der Waals surface area contributed by atoms with Crippen LogP contribution in [0.5, 0.6) is 0 Å². The van der Waals surface area contributed by atoms with Gasteiger partial charge < -0.3 is 11.1 Å². The van der Waals surface area contributed by atoms with Gasteiger partial charge in [0.25, 0.3) is 0 Å². The molecule has 118 valence electrons. The lowest BCUT2D eigenvalue weighted by atomic mass is 9.87. The first-order valence-corrected chi connectivity index (χ1v) is 7.84. The molecular formula is C16H24Cl2N2O. The van der Waals surface area contributed by atoms with E-state index in [0.29, 0.717) is 16.5 Å². The highest BCUT2D eigenvalue weighted by Gasteiger charge is 2.19. The zero-order valence-corrected chi connectivity index (χ0v) is 14.6. The number of rotatable bonds is 5. The van der Waals surface area contributed by atoms with Gasteiger partial charge in [0, 0.05) is 22.5 Å². The maximum atomic E-state index is 12.0. The van der Waals surface area contributed by atoms with Crippen molar-refractivity contribution in [1.82, 2.24) is 5.32 Å². The minimum absolute atomic E-state index is 0.0646. The monoisotopic (exact) mass is 330 g/mol. The van der Waals surface area contributed by atoms with Gasteiger partial charge in [-0.05, 0) is 36.5 Å². The zero-order chi connectivity index (χ0) is 16.2. The van der Waals surface area contributed by atoms with E-state index in [2.05, 4.69) is 26.1 Å². The first-order valence-electron chi connectivity index (χ1n) is 7.08. The molecule has 0 aliphatic heterocycles. The molecule has 0 heterocycles. The summed E-state index contributed by atoms with van der Waals surface area (Å²) in [5.74, 6) is -0.0646. The molecule has 2 unspecified atom stereocenters.